The van der Waals surface area contributed by atoms with E-state index in [1.54, 1.807) is 0 Å². The van der Waals surface area contributed by atoms with Gasteiger partial charge >= 0.3 is 0 Å². The van der Waals surface area contributed by atoms with Crippen LogP contribution in [0.15, 0.2) is 23.1 Å². The maximum absolute atomic E-state index is 11.8. The number of hydrogen-bond donors (Lipinski definition) is 1. The van der Waals surface area contributed by atoms with Crippen molar-refractivity contribution >= 4 is 21.5 Å². The number of nitrogens with one attached hydrogen (secondary N) is 1. The molecule has 0 aliphatic rings. The van der Waals surface area contributed by atoms with Crippen molar-refractivity contribution in [2.24, 2.45) is 0 Å². The highest BCUT2D eigenvalue weighted by Crippen LogP contribution is 2.24. The normalized spacial score (nSPS) is 11.2. The van der Waals surface area contributed by atoms with Gasteiger partial charge in [-0.05, 0) is 19.9 Å². The van der Waals surface area contributed by atoms with Crippen molar-refractivity contribution in [2.45, 2.75) is 18.7 Å². The molecule has 0 saturated carbocycles. The van der Waals surface area contributed by atoms with Crippen molar-refractivity contribution in [1.82, 2.24) is 4.72 Å². The summed E-state index contributed by atoms with van der Waals surface area (Å²) in [6.45, 7) is 2.24. The molecule has 98 valence electrons. The van der Waals surface area contributed by atoms with Gasteiger partial charge in [0.2, 0.25) is 10.0 Å². The topological polar surface area (TPSA) is 106 Å². The van der Waals surface area contributed by atoms with E-state index < -0.39 is 14.9 Å². The summed E-state index contributed by atoms with van der Waals surface area (Å²) >= 11 is 0. The van der Waals surface area contributed by atoms with E-state index in [1.165, 1.54) is 32.0 Å². The van der Waals surface area contributed by atoms with Crippen molar-refractivity contribution in [2.75, 3.05) is 6.54 Å². The molecule has 1 aromatic carbocycles. The van der Waals surface area contributed by atoms with E-state index in [4.69, 9.17) is 0 Å². The second-order valence-electron chi connectivity index (χ2n) is 3.68. The molecule has 1 rings (SSSR count). The molecule has 7 nitrogen and oxygen atoms in total. The van der Waals surface area contributed by atoms with Gasteiger partial charge in [0.15, 0.2) is 0 Å². The van der Waals surface area contributed by atoms with Crippen LogP contribution in [0.3, 0.4) is 0 Å². The van der Waals surface area contributed by atoms with Gasteiger partial charge in [-0.15, -0.1) is 0 Å². The minimum Gasteiger partial charge on any atom is -0.299 e. The lowest BCUT2D eigenvalue weighted by molar-refractivity contribution is -0.385. The molecule has 0 amide bonds. The molecule has 0 radical (unpaired) electrons. The number of carbonyl (C=O) groups is 1. The first kappa shape index (κ1) is 14.3. The molecule has 0 atom stereocenters. The first-order valence-corrected chi connectivity index (χ1v) is 6.47. The van der Waals surface area contributed by atoms with Gasteiger partial charge in [0.25, 0.3) is 5.69 Å². The van der Waals surface area contributed by atoms with Crippen LogP contribution in [0.5, 0.6) is 0 Å². The van der Waals surface area contributed by atoms with Crippen LogP contribution in [0.4, 0.5) is 5.69 Å². The lowest BCUT2D eigenvalue weighted by Crippen LogP contribution is -2.29. The Balaban J connectivity index is 3.21. The predicted molar refractivity (Wildman–Crippen MR) is 63.7 cm³/mol. The van der Waals surface area contributed by atoms with Crippen LogP contribution in [0.25, 0.3) is 0 Å². The van der Waals surface area contributed by atoms with Crippen molar-refractivity contribution in [3.05, 3.63) is 33.9 Å². The van der Waals surface area contributed by atoms with Gasteiger partial charge in [0, 0.05) is 11.6 Å². The Bertz CT molecular complexity index is 594. The zero-order valence-corrected chi connectivity index (χ0v) is 10.7. The van der Waals surface area contributed by atoms with Crippen molar-refractivity contribution in [3.63, 3.8) is 0 Å². The molecule has 0 spiro atoms. The van der Waals surface area contributed by atoms with Crippen LogP contribution in [-0.4, -0.2) is 25.7 Å². The number of nitro benzene ring substituents is 1. The first-order chi connectivity index (χ1) is 8.25. The van der Waals surface area contributed by atoms with Crippen LogP contribution in [-0.2, 0) is 14.8 Å². The number of ketones is 1. The number of rotatable bonds is 5. The summed E-state index contributed by atoms with van der Waals surface area (Å²) in [5, 5.41) is 10.7. The molecule has 18 heavy (non-hydrogen) atoms. The van der Waals surface area contributed by atoms with Gasteiger partial charge < -0.3 is 0 Å². The Morgan fingerprint density at radius 1 is 1.44 bits per heavy atom. The van der Waals surface area contributed by atoms with Gasteiger partial charge in [-0.25, -0.2) is 13.1 Å². The number of hydrogen-bond acceptors (Lipinski definition) is 5. The third-order valence-corrected chi connectivity index (χ3v) is 3.80. The second-order valence-corrected chi connectivity index (χ2v) is 5.42. The number of nitro groups is 1. The Hall–Kier alpha value is -1.80. The molecule has 1 N–H and O–H groups in total. The predicted octanol–water partition coefficient (Wildman–Crippen LogP) is 0.771. The number of carbonyl (C=O) groups excluding carboxylic acids is 1. The number of Topliss-reactive ketones (excluding diaryl/α,β-unsaturated/α-hetero) is 1. The molecular formula is C10H12N2O5S. The van der Waals surface area contributed by atoms with Gasteiger partial charge in [0.05, 0.1) is 16.4 Å². The lowest BCUT2D eigenvalue weighted by Gasteiger charge is -2.08. The zero-order chi connectivity index (χ0) is 13.9. The van der Waals surface area contributed by atoms with Crippen LogP contribution >= 0.6 is 0 Å². The van der Waals surface area contributed by atoms with Crippen molar-refractivity contribution < 1.29 is 18.1 Å². The summed E-state index contributed by atoms with van der Waals surface area (Å²) in [7, 11) is -3.92. The zero-order valence-electron chi connectivity index (χ0n) is 9.84. The van der Waals surface area contributed by atoms with E-state index in [2.05, 4.69) is 4.72 Å². The minimum absolute atomic E-state index is 0.0403. The van der Waals surface area contributed by atoms with Crippen LogP contribution < -0.4 is 4.72 Å². The molecule has 0 bridgehead atoms. The third-order valence-electron chi connectivity index (χ3n) is 2.25. The standard InChI is InChI=1S/C10H12N2O5S/c1-7(13)6-11-18(16,17)10-5-3-4-9(8(10)2)12(14)15/h3-5,11H,6H2,1-2H3. The monoisotopic (exact) mass is 272 g/mol. The molecule has 1 aromatic rings. The van der Waals surface area contributed by atoms with Gasteiger partial charge in [-0.2, -0.15) is 0 Å². The fourth-order valence-corrected chi connectivity index (χ4v) is 2.68. The Morgan fingerprint density at radius 2 is 2.06 bits per heavy atom. The fourth-order valence-electron chi connectivity index (χ4n) is 1.37. The Kier molecular flexibility index (Phi) is 4.15. The summed E-state index contributed by atoms with van der Waals surface area (Å²) in [6.07, 6.45) is 0. The van der Waals surface area contributed by atoms with E-state index in [9.17, 15) is 23.3 Å². The van der Waals surface area contributed by atoms with Crippen molar-refractivity contribution in [3.8, 4) is 0 Å². The van der Waals surface area contributed by atoms with Gasteiger partial charge in [-0.1, -0.05) is 6.07 Å². The van der Waals surface area contributed by atoms with Gasteiger partial charge in [0.1, 0.15) is 5.78 Å². The van der Waals surface area contributed by atoms with E-state index in [0.717, 1.165) is 0 Å². The number of benzene rings is 1. The maximum Gasteiger partial charge on any atom is 0.273 e. The molecule has 8 heteroatoms. The van der Waals surface area contributed by atoms with E-state index in [-0.39, 0.29) is 28.5 Å². The molecule has 0 fully saturated rings. The maximum atomic E-state index is 11.8. The quantitative estimate of drug-likeness (QED) is 0.629. The van der Waals surface area contributed by atoms with Crippen LogP contribution in [0.2, 0.25) is 0 Å². The molecular weight excluding hydrogens is 260 g/mol. The summed E-state index contributed by atoms with van der Waals surface area (Å²) in [5.74, 6) is -0.346. The molecule has 0 saturated heterocycles. The van der Waals surface area contributed by atoms with Crippen molar-refractivity contribution in [1.29, 1.82) is 0 Å². The third kappa shape index (κ3) is 3.11. The smallest absolute Gasteiger partial charge is 0.273 e. The van der Waals surface area contributed by atoms with E-state index >= 15 is 0 Å². The molecule has 0 aromatic heterocycles. The summed E-state index contributed by atoms with van der Waals surface area (Å²) in [6, 6.07) is 3.76. The van der Waals surface area contributed by atoms with Gasteiger partial charge in [-0.3, -0.25) is 14.9 Å². The average Bonchev–Trinajstić information content (AvgIpc) is 2.26. The highest BCUT2D eigenvalue weighted by molar-refractivity contribution is 7.89. The number of sulfonamides is 1. The van der Waals surface area contributed by atoms with Crippen LogP contribution in [0, 0.1) is 17.0 Å². The first-order valence-electron chi connectivity index (χ1n) is 4.99. The fraction of sp³-hybridized carbons (Fsp3) is 0.300. The highest BCUT2D eigenvalue weighted by atomic mass is 32.2. The van der Waals surface area contributed by atoms with E-state index in [0.29, 0.717) is 0 Å². The molecule has 0 heterocycles. The lowest BCUT2D eigenvalue weighted by atomic mass is 10.2. The minimum atomic E-state index is -3.92. The average molecular weight is 272 g/mol. The summed E-state index contributed by atoms with van der Waals surface area (Å²) in [4.78, 5) is 20.6. The second kappa shape index (κ2) is 5.23. The van der Waals surface area contributed by atoms with E-state index in [1.807, 2.05) is 0 Å². The molecule has 0 aliphatic carbocycles. The molecule has 0 aliphatic heterocycles. The highest BCUT2D eigenvalue weighted by Gasteiger charge is 2.22. The Morgan fingerprint density at radius 3 is 2.56 bits per heavy atom. The SMILES string of the molecule is CC(=O)CNS(=O)(=O)c1cccc([N+](=O)[O-])c1C. The summed E-state index contributed by atoms with van der Waals surface area (Å²) < 4.78 is 25.8. The molecule has 0 unspecified atom stereocenters. The summed E-state index contributed by atoms with van der Waals surface area (Å²) in [5.41, 5.74) is -0.237. The largest absolute Gasteiger partial charge is 0.299 e. The number of nitrogens with zero attached hydrogens (tertiary/aromatic N) is 1. The Labute approximate surface area is 104 Å². The van der Waals surface area contributed by atoms with Crippen LogP contribution in [0.1, 0.15) is 12.5 Å².